The van der Waals surface area contributed by atoms with Crippen LogP contribution < -0.4 is 0 Å². The van der Waals surface area contributed by atoms with E-state index in [0.29, 0.717) is 0 Å². The third-order valence-electron chi connectivity index (χ3n) is 0. The summed E-state index contributed by atoms with van der Waals surface area (Å²) < 4.78 is 0. The topological polar surface area (TPSA) is 0 Å². The molecule has 5 heteroatoms. The van der Waals surface area contributed by atoms with Crippen LogP contribution in [-0.2, 0) is 17.1 Å². The maximum atomic E-state index is 2.56. The molecule has 0 aliphatic heterocycles. The number of hydrogen-bond acceptors (Lipinski definition) is 0. The van der Waals surface area contributed by atoms with Gasteiger partial charge in [0.1, 0.15) is 0 Å². The molecule has 0 bridgehead atoms. The predicted octanol–water partition coefficient (Wildman–Crippen LogP) is -1.84. The number of hydrogen-bond donors (Lipinski definition) is 0. The van der Waals surface area contributed by atoms with Gasteiger partial charge in [0.15, 0.2) is 0 Å². The van der Waals surface area contributed by atoms with Gasteiger partial charge in [-0.25, -0.2) is 0 Å². The van der Waals surface area contributed by atoms with Crippen LogP contribution >= 0.6 is 0 Å². The Morgan fingerprint density at radius 2 is 1.00 bits per heavy atom. The van der Waals surface area contributed by atoms with Crippen LogP contribution in [0.15, 0.2) is 0 Å². The molecule has 5 heavy (non-hydrogen) atoms. The summed E-state index contributed by atoms with van der Waals surface area (Å²) >= 11 is 9.50. The summed E-state index contributed by atoms with van der Waals surface area (Å²) in [5, 5.41) is 0. The Morgan fingerprint density at radius 3 is 1.00 bits per heavy atom. The fourth-order valence-corrected chi connectivity index (χ4v) is 0. The molecule has 0 aliphatic carbocycles. The standard InChI is InChI=1S/Mn.2H2Se2/c;2*1-2/h;2*1-2H/q+2;;. The molecule has 0 saturated carbocycles. The Labute approximate surface area is 75.8 Å². The summed E-state index contributed by atoms with van der Waals surface area (Å²) in [5.74, 6) is 0. The van der Waals surface area contributed by atoms with Gasteiger partial charge in [-0.2, -0.15) is 0 Å². The Balaban J connectivity index is -0.00000000267. The van der Waals surface area contributed by atoms with E-state index >= 15 is 0 Å². The molecule has 1 radical (unpaired) electrons. The molecule has 0 saturated heterocycles. The molecular formula is H4MnSe4+2. The van der Waals surface area contributed by atoms with Crippen LogP contribution in [0.2, 0.25) is 0 Å². The molecule has 0 aromatic heterocycles. The molecule has 0 atom stereocenters. The molecule has 0 rings (SSSR count). The van der Waals surface area contributed by atoms with Crippen molar-refractivity contribution in [3.05, 3.63) is 0 Å². The second kappa shape index (κ2) is 30.6. The van der Waals surface area contributed by atoms with Crippen LogP contribution in [0.25, 0.3) is 0 Å². The zero-order chi connectivity index (χ0) is 4.00. The quantitative estimate of drug-likeness (QED) is 0.437. The monoisotopic (exact) mass is 379 g/mol. The fourth-order valence-electron chi connectivity index (χ4n) is 0. The summed E-state index contributed by atoms with van der Waals surface area (Å²) in [6, 6.07) is 0. The number of rotatable bonds is 0. The molecule has 0 aromatic carbocycles. The zero-order valence-electron chi connectivity index (χ0n) is 4.09. The molecule has 0 fully saturated rings. The minimum absolute atomic E-state index is 0. The molecule has 0 amide bonds. The van der Waals surface area contributed by atoms with E-state index in [0.717, 1.165) is 0 Å². The molecule has 0 heterocycles. The molecule has 0 unspecified atom stereocenters. The van der Waals surface area contributed by atoms with E-state index in [9.17, 15) is 0 Å². The normalized spacial score (nSPS) is 2.40. The van der Waals surface area contributed by atoms with E-state index < -0.39 is 0 Å². The van der Waals surface area contributed by atoms with Gasteiger partial charge in [0.2, 0.25) is 0 Å². The molecule has 0 aromatic rings. The van der Waals surface area contributed by atoms with Crippen molar-refractivity contribution >= 4 is 56.7 Å². The molecule has 0 nitrogen and oxygen atoms in total. The van der Waals surface area contributed by atoms with Crippen LogP contribution in [0, 0.1) is 0 Å². The zero-order valence-corrected chi connectivity index (χ0v) is 10.4. The summed E-state index contributed by atoms with van der Waals surface area (Å²) in [6.45, 7) is 0. The van der Waals surface area contributed by atoms with Crippen molar-refractivity contribution in [3.63, 3.8) is 0 Å². The second-order valence-corrected chi connectivity index (χ2v) is 0. The summed E-state index contributed by atoms with van der Waals surface area (Å²) in [7, 11) is 0. The SMILES string of the molecule is [H+].[H+].[Mn+2].[Se-][SeH].[Se-][SeH]. The predicted molar refractivity (Wildman–Crippen MR) is 28.0 cm³/mol. The van der Waals surface area contributed by atoms with E-state index in [-0.39, 0.29) is 19.9 Å². The Bertz CT molecular complexity index is 9.65. The Morgan fingerprint density at radius 1 is 1.00 bits per heavy atom. The molecule has 33 valence electrons. The average Bonchev–Trinajstić information content (AvgIpc) is 1.50. The summed E-state index contributed by atoms with van der Waals surface area (Å²) in [6.07, 6.45) is 0. The maximum absolute atomic E-state index is 2.56. The first-order valence-corrected chi connectivity index (χ1v) is 9.86. The first-order valence-electron chi connectivity index (χ1n) is 0.365. The van der Waals surface area contributed by atoms with Crippen molar-refractivity contribution in [1.29, 1.82) is 0 Å². The third-order valence-corrected chi connectivity index (χ3v) is 0. The Kier molecular flexibility index (Phi) is 95.9. The van der Waals surface area contributed by atoms with E-state index in [1.807, 2.05) is 0 Å². The van der Waals surface area contributed by atoms with Crippen molar-refractivity contribution in [2.75, 3.05) is 0 Å². The third kappa shape index (κ3) is 20.7. The Hall–Kier alpha value is 2.60. The molecule has 0 aliphatic rings. The van der Waals surface area contributed by atoms with Crippen molar-refractivity contribution in [2.45, 2.75) is 0 Å². The molecule has 0 N–H and O–H groups in total. The van der Waals surface area contributed by atoms with Gasteiger partial charge < -0.3 is 0 Å². The second-order valence-electron chi connectivity index (χ2n) is 0. The van der Waals surface area contributed by atoms with Gasteiger partial charge in [-0.15, -0.1) is 0 Å². The van der Waals surface area contributed by atoms with Crippen molar-refractivity contribution in [3.8, 4) is 0 Å². The first kappa shape index (κ1) is 15.6. The van der Waals surface area contributed by atoms with E-state index in [1.165, 1.54) is 0 Å². The molecular weight excluding hydrogens is 371 g/mol. The first-order chi connectivity index (χ1) is 2.00. The van der Waals surface area contributed by atoms with Gasteiger partial charge in [0.05, 0.1) is 0 Å². The van der Waals surface area contributed by atoms with Crippen molar-refractivity contribution < 1.29 is 19.9 Å². The minimum atomic E-state index is 0. The van der Waals surface area contributed by atoms with Gasteiger partial charge in [-0.1, -0.05) is 0 Å². The summed E-state index contributed by atoms with van der Waals surface area (Å²) in [4.78, 5) is 0. The van der Waals surface area contributed by atoms with Gasteiger partial charge in [-0.3, -0.25) is 0 Å². The van der Waals surface area contributed by atoms with Gasteiger partial charge >= 0.3 is 76.7 Å². The van der Waals surface area contributed by atoms with E-state index in [1.54, 1.807) is 0 Å². The van der Waals surface area contributed by atoms with Crippen LogP contribution in [0.4, 0.5) is 0 Å². The van der Waals surface area contributed by atoms with Crippen molar-refractivity contribution in [1.82, 2.24) is 0 Å². The average molecular weight is 375 g/mol. The van der Waals surface area contributed by atoms with Crippen LogP contribution in [0.1, 0.15) is 2.85 Å². The molecule has 0 spiro atoms. The van der Waals surface area contributed by atoms with E-state index in [2.05, 4.69) is 56.7 Å². The van der Waals surface area contributed by atoms with Gasteiger partial charge in [0.25, 0.3) is 0 Å². The van der Waals surface area contributed by atoms with Crippen molar-refractivity contribution in [2.24, 2.45) is 0 Å². The van der Waals surface area contributed by atoms with Crippen LogP contribution in [0.5, 0.6) is 0 Å². The summed E-state index contributed by atoms with van der Waals surface area (Å²) in [5.41, 5.74) is 0. The van der Waals surface area contributed by atoms with Crippen LogP contribution in [-0.4, -0.2) is 56.7 Å². The van der Waals surface area contributed by atoms with Crippen LogP contribution in [0.3, 0.4) is 0 Å². The van der Waals surface area contributed by atoms with Gasteiger partial charge in [-0.05, 0) is 0 Å². The van der Waals surface area contributed by atoms with E-state index in [4.69, 9.17) is 0 Å². The fraction of sp³-hybridized carbons (Fsp3) is 0. The van der Waals surface area contributed by atoms with Gasteiger partial charge in [0, 0.05) is 0 Å².